The fourth-order valence-electron chi connectivity index (χ4n) is 2.89. The fraction of sp³-hybridized carbons (Fsp3) is 0.158. The highest BCUT2D eigenvalue weighted by molar-refractivity contribution is 6.05. The van der Waals surface area contributed by atoms with Crippen molar-refractivity contribution in [1.29, 1.82) is 0 Å². The number of anilines is 1. The molecule has 0 aliphatic carbocycles. The molecule has 1 amide bonds. The van der Waals surface area contributed by atoms with Gasteiger partial charge in [-0.1, -0.05) is 19.1 Å². The van der Waals surface area contributed by atoms with Crippen LogP contribution in [0.3, 0.4) is 0 Å². The van der Waals surface area contributed by atoms with E-state index in [9.17, 15) is 4.79 Å². The van der Waals surface area contributed by atoms with E-state index in [0.29, 0.717) is 11.3 Å². The van der Waals surface area contributed by atoms with Gasteiger partial charge in [-0.3, -0.25) is 9.48 Å². The molecule has 0 aliphatic rings. The summed E-state index contributed by atoms with van der Waals surface area (Å²) >= 11 is 0. The number of rotatable bonds is 5. The lowest BCUT2D eigenvalue weighted by Gasteiger charge is -2.06. The third-order valence-electron chi connectivity index (χ3n) is 4.10. The van der Waals surface area contributed by atoms with Crippen LogP contribution in [-0.4, -0.2) is 30.6 Å². The summed E-state index contributed by atoms with van der Waals surface area (Å²) in [5, 5.41) is 8.04. The highest BCUT2D eigenvalue weighted by Gasteiger charge is 2.12. The molecule has 4 aromatic rings. The molecule has 2 N–H and O–H groups in total. The number of H-pyrrole nitrogens is 1. The third-order valence-corrected chi connectivity index (χ3v) is 4.10. The van der Waals surface area contributed by atoms with Crippen LogP contribution in [-0.2, 0) is 6.54 Å². The van der Waals surface area contributed by atoms with Gasteiger partial charge in [0, 0.05) is 35.5 Å². The SMILES string of the molecule is CCCn1cc(NC(=O)c2cccc(-c3ncnc4[nH]ccc34)c2)cn1. The van der Waals surface area contributed by atoms with E-state index >= 15 is 0 Å². The largest absolute Gasteiger partial charge is 0.346 e. The van der Waals surface area contributed by atoms with Gasteiger partial charge in [0.1, 0.15) is 12.0 Å². The Balaban J connectivity index is 1.60. The first-order valence-corrected chi connectivity index (χ1v) is 8.47. The average molecular weight is 346 g/mol. The van der Waals surface area contributed by atoms with Crippen molar-refractivity contribution in [3.05, 3.63) is 60.8 Å². The van der Waals surface area contributed by atoms with Crippen LogP contribution in [0.15, 0.2) is 55.2 Å². The maximum absolute atomic E-state index is 12.6. The molecule has 4 rings (SSSR count). The molecule has 0 aliphatic heterocycles. The predicted octanol–water partition coefficient (Wildman–Crippen LogP) is 3.48. The van der Waals surface area contributed by atoms with Crippen LogP contribution in [0.1, 0.15) is 23.7 Å². The molecule has 0 bridgehead atoms. The zero-order valence-corrected chi connectivity index (χ0v) is 14.3. The third kappa shape index (κ3) is 3.06. The van der Waals surface area contributed by atoms with E-state index in [0.717, 1.165) is 35.3 Å². The number of aromatic nitrogens is 5. The van der Waals surface area contributed by atoms with Crippen molar-refractivity contribution >= 4 is 22.6 Å². The van der Waals surface area contributed by atoms with Gasteiger partial charge in [-0.2, -0.15) is 5.10 Å². The minimum Gasteiger partial charge on any atom is -0.346 e. The van der Waals surface area contributed by atoms with Gasteiger partial charge in [0.25, 0.3) is 5.91 Å². The number of nitrogens with zero attached hydrogens (tertiary/aromatic N) is 4. The zero-order chi connectivity index (χ0) is 17.9. The fourth-order valence-corrected chi connectivity index (χ4v) is 2.89. The van der Waals surface area contributed by atoms with Crippen molar-refractivity contribution in [2.24, 2.45) is 0 Å². The predicted molar refractivity (Wildman–Crippen MR) is 99.8 cm³/mol. The molecule has 130 valence electrons. The maximum atomic E-state index is 12.6. The van der Waals surface area contributed by atoms with Crippen molar-refractivity contribution < 1.29 is 4.79 Å². The number of hydrogen-bond acceptors (Lipinski definition) is 4. The van der Waals surface area contributed by atoms with E-state index in [4.69, 9.17) is 0 Å². The van der Waals surface area contributed by atoms with Crippen LogP contribution in [0, 0.1) is 0 Å². The highest BCUT2D eigenvalue weighted by atomic mass is 16.1. The Hall–Kier alpha value is -3.48. The van der Waals surface area contributed by atoms with Gasteiger partial charge >= 0.3 is 0 Å². The van der Waals surface area contributed by atoms with E-state index < -0.39 is 0 Å². The lowest BCUT2D eigenvalue weighted by Crippen LogP contribution is -2.11. The van der Waals surface area contributed by atoms with Crippen molar-refractivity contribution in [3.8, 4) is 11.3 Å². The minimum absolute atomic E-state index is 0.178. The molecule has 3 heterocycles. The van der Waals surface area contributed by atoms with Crippen molar-refractivity contribution in [1.82, 2.24) is 24.7 Å². The van der Waals surface area contributed by atoms with E-state index in [-0.39, 0.29) is 5.91 Å². The molecule has 1 aromatic carbocycles. The van der Waals surface area contributed by atoms with Gasteiger partial charge in [-0.05, 0) is 24.6 Å². The molecule has 3 aromatic heterocycles. The van der Waals surface area contributed by atoms with E-state index in [2.05, 4.69) is 32.3 Å². The summed E-state index contributed by atoms with van der Waals surface area (Å²) in [5.74, 6) is -0.178. The Kier molecular flexibility index (Phi) is 4.18. The smallest absolute Gasteiger partial charge is 0.255 e. The molecular formula is C19H18N6O. The Bertz CT molecular complexity index is 1060. The number of aryl methyl sites for hydroxylation is 1. The standard InChI is InChI=1S/C19H18N6O/c1-2-8-25-11-15(10-23-25)24-19(26)14-5-3-4-13(9-14)17-16-6-7-20-18(16)22-12-21-17/h3-7,9-12H,2,8H2,1H3,(H,24,26)(H,20,21,22). The first-order valence-electron chi connectivity index (χ1n) is 8.47. The number of benzene rings is 1. The van der Waals surface area contributed by atoms with Gasteiger partial charge in [-0.25, -0.2) is 9.97 Å². The lowest BCUT2D eigenvalue weighted by atomic mass is 10.1. The van der Waals surface area contributed by atoms with Crippen LogP contribution >= 0.6 is 0 Å². The summed E-state index contributed by atoms with van der Waals surface area (Å²) in [6.45, 7) is 2.91. The van der Waals surface area contributed by atoms with Crippen LogP contribution in [0.25, 0.3) is 22.3 Å². The van der Waals surface area contributed by atoms with Gasteiger partial charge in [0.2, 0.25) is 0 Å². The summed E-state index contributed by atoms with van der Waals surface area (Å²) in [6.07, 6.45) is 7.82. The molecule has 26 heavy (non-hydrogen) atoms. The highest BCUT2D eigenvalue weighted by Crippen LogP contribution is 2.25. The number of amides is 1. The van der Waals surface area contributed by atoms with E-state index in [1.54, 1.807) is 12.3 Å². The van der Waals surface area contributed by atoms with Gasteiger partial charge < -0.3 is 10.3 Å². The molecule has 0 fully saturated rings. The first kappa shape index (κ1) is 16.0. The first-order chi connectivity index (χ1) is 12.7. The van der Waals surface area contributed by atoms with Crippen LogP contribution in [0.5, 0.6) is 0 Å². The summed E-state index contributed by atoms with van der Waals surface area (Å²) in [7, 11) is 0. The molecule has 0 spiro atoms. The maximum Gasteiger partial charge on any atom is 0.255 e. The summed E-state index contributed by atoms with van der Waals surface area (Å²) in [5.41, 5.74) is 3.68. The second kappa shape index (κ2) is 6.79. The molecule has 7 heteroatoms. The Morgan fingerprint density at radius 3 is 3.08 bits per heavy atom. The Morgan fingerprint density at radius 2 is 2.19 bits per heavy atom. The molecule has 0 unspecified atom stereocenters. The number of carbonyl (C=O) groups is 1. The number of nitrogens with one attached hydrogen (secondary N) is 2. The Morgan fingerprint density at radius 1 is 1.27 bits per heavy atom. The zero-order valence-electron chi connectivity index (χ0n) is 14.3. The van der Waals surface area contributed by atoms with Crippen LogP contribution in [0.4, 0.5) is 5.69 Å². The van der Waals surface area contributed by atoms with E-state index in [1.807, 2.05) is 41.3 Å². The lowest BCUT2D eigenvalue weighted by molar-refractivity contribution is 0.102. The topological polar surface area (TPSA) is 88.5 Å². The number of aromatic amines is 1. The second-order valence-electron chi connectivity index (χ2n) is 5.99. The summed E-state index contributed by atoms with van der Waals surface area (Å²) < 4.78 is 1.82. The van der Waals surface area contributed by atoms with Gasteiger partial charge in [0.05, 0.1) is 17.6 Å². The Labute approximate surface area is 150 Å². The van der Waals surface area contributed by atoms with Gasteiger partial charge in [0.15, 0.2) is 0 Å². The molecule has 0 saturated heterocycles. The number of fused-ring (bicyclic) bond motifs is 1. The van der Waals surface area contributed by atoms with Crippen LogP contribution in [0.2, 0.25) is 0 Å². The molecular weight excluding hydrogens is 328 g/mol. The minimum atomic E-state index is -0.178. The molecule has 7 nitrogen and oxygen atoms in total. The summed E-state index contributed by atoms with van der Waals surface area (Å²) in [4.78, 5) is 24.2. The molecule has 0 saturated carbocycles. The monoisotopic (exact) mass is 346 g/mol. The summed E-state index contributed by atoms with van der Waals surface area (Å²) in [6, 6.07) is 9.33. The van der Waals surface area contributed by atoms with Crippen molar-refractivity contribution in [3.63, 3.8) is 0 Å². The average Bonchev–Trinajstić information content (AvgIpc) is 3.31. The quantitative estimate of drug-likeness (QED) is 0.579. The van der Waals surface area contributed by atoms with E-state index in [1.165, 1.54) is 6.33 Å². The molecule has 0 atom stereocenters. The van der Waals surface area contributed by atoms with Crippen molar-refractivity contribution in [2.45, 2.75) is 19.9 Å². The normalized spacial score (nSPS) is 11.0. The molecule has 0 radical (unpaired) electrons. The number of carbonyl (C=O) groups excluding carboxylic acids is 1. The number of hydrogen-bond donors (Lipinski definition) is 2. The second-order valence-corrected chi connectivity index (χ2v) is 5.99. The van der Waals surface area contributed by atoms with Crippen LogP contribution < -0.4 is 5.32 Å². The van der Waals surface area contributed by atoms with Gasteiger partial charge in [-0.15, -0.1) is 0 Å². The van der Waals surface area contributed by atoms with Crippen molar-refractivity contribution in [2.75, 3.05) is 5.32 Å².